The quantitative estimate of drug-likeness (QED) is 0.523. The molecule has 3 aromatic rings. The van der Waals surface area contributed by atoms with Crippen molar-refractivity contribution in [3.05, 3.63) is 101 Å². The van der Waals surface area contributed by atoms with Crippen LogP contribution in [0.5, 0.6) is 0 Å². The summed E-state index contributed by atoms with van der Waals surface area (Å²) in [5, 5.41) is -3.15. The summed E-state index contributed by atoms with van der Waals surface area (Å²) in [4.78, 5) is 28.4. The minimum absolute atomic E-state index is 0.108. The number of benzene rings is 3. The van der Waals surface area contributed by atoms with E-state index in [4.69, 9.17) is 17.3 Å². The van der Waals surface area contributed by atoms with Crippen molar-refractivity contribution in [1.29, 1.82) is 0 Å². The van der Waals surface area contributed by atoms with Crippen molar-refractivity contribution >= 4 is 31.0 Å². The van der Waals surface area contributed by atoms with Crippen molar-refractivity contribution in [1.82, 2.24) is 4.67 Å². The van der Waals surface area contributed by atoms with Crippen LogP contribution in [0.25, 0.3) is 0 Å². The minimum Gasteiger partial charge on any atom is -0.641 e. The smallest absolute Gasteiger partial charge is 0.450 e. The van der Waals surface area contributed by atoms with Crippen molar-refractivity contribution in [2.75, 3.05) is 11.7 Å². The number of rotatable bonds is 4. The third-order valence-corrected chi connectivity index (χ3v) is 9.64. The summed E-state index contributed by atoms with van der Waals surface area (Å²) in [6.45, 7) is -0.420. The van der Waals surface area contributed by atoms with Gasteiger partial charge in [-0.2, -0.15) is 17.8 Å². The summed E-state index contributed by atoms with van der Waals surface area (Å²) in [5.41, 5.74) is 6.30. The van der Waals surface area contributed by atoms with E-state index in [1.54, 1.807) is 36.4 Å². The van der Waals surface area contributed by atoms with Gasteiger partial charge in [-0.1, -0.05) is 72.3 Å². The van der Waals surface area contributed by atoms with Crippen LogP contribution in [0.3, 0.4) is 0 Å². The number of anilines is 1. The molecular weight excluding hydrogens is 474 g/mol. The second kappa shape index (κ2) is 8.29. The second-order valence-corrected chi connectivity index (χ2v) is 11.0. The topological polar surface area (TPSA) is 72.6 Å². The molecule has 5 nitrogen and oxygen atoms in total. The molecule has 0 saturated heterocycles. The van der Waals surface area contributed by atoms with E-state index in [0.717, 1.165) is 9.34 Å². The molecule has 10 heteroatoms. The first-order valence-electron chi connectivity index (χ1n) is 9.93. The van der Waals surface area contributed by atoms with Crippen molar-refractivity contribution in [3.63, 3.8) is 0 Å². The molecule has 2 N–H and O–H groups in total. The lowest BCUT2D eigenvalue weighted by atomic mass is 10.1. The van der Waals surface area contributed by atoms with Crippen LogP contribution >= 0.6 is 19.4 Å². The van der Waals surface area contributed by atoms with Crippen molar-refractivity contribution in [2.45, 2.75) is 18.0 Å². The van der Waals surface area contributed by atoms with Crippen LogP contribution in [-0.2, 0) is 11.8 Å². The van der Waals surface area contributed by atoms with Gasteiger partial charge in [-0.3, -0.25) is 10.5 Å². The molecule has 0 saturated carbocycles. The highest BCUT2D eigenvalue weighted by Crippen LogP contribution is 2.75. The summed E-state index contributed by atoms with van der Waals surface area (Å²) in [6.07, 6.45) is -5.16. The van der Waals surface area contributed by atoms with E-state index in [0.29, 0.717) is 5.56 Å². The molecule has 0 bridgehead atoms. The highest BCUT2D eigenvalue weighted by atomic mass is 35.5. The molecule has 172 valence electrons. The number of carbonyl (C=O) groups excluding carboxylic acids is 1. The van der Waals surface area contributed by atoms with Gasteiger partial charge in [0.2, 0.25) is 0 Å². The van der Waals surface area contributed by atoms with Crippen LogP contribution in [0.4, 0.5) is 18.9 Å². The Labute approximate surface area is 194 Å². The number of amides is 1. The Kier molecular flexibility index (Phi) is 5.91. The van der Waals surface area contributed by atoms with Crippen LogP contribution in [0.2, 0.25) is 5.02 Å². The van der Waals surface area contributed by atoms with E-state index >= 15 is 0 Å². The third kappa shape index (κ3) is 3.49. The highest BCUT2D eigenvalue weighted by molar-refractivity contribution is 7.70. The third-order valence-electron chi connectivity index (χ3n) is 5.83. The fourth-order valence-electron chi connectivity index (χ4n) is 4.08. The predicted molar refractivity (Wildman–Crippen MR) is 121 cm³/mol. The molecule has 3 aromatic carbocycles. The van der Waals surface area contributed by atoms with E-state index in [-0.39, 0.29) is 16.3 Å². The van der Waals surface area contributed by atoms with E-state index in [1.165, 1.54) is 49.5 Å². The Morgan fingerprint density at radius 3 is 2.18 bits per heavy atom. The molecule has 0 radical (unpaired) electrons. The lowest BCUT2D eigenvalue weighted by Gasteiger charge is -2.56. The number of carbonyl (C=O) groups is 1. The molecule has 1 amide bonds. The van der Waals surface area contributed by atoms with Gasteiger partial charge in [0.1, 0.15) is 0 Å². The van der Waals surface area contributed by atoms with Crippen LogP contribution in [0.1, 0.15) is 21.5 Å². The van der Waals surface area contributed by atoms with Gasteiger partial charge in [0.25, 0.3) is 11.2 Å². The number of para-hydroxylation sites is 1. The zero-order chi connectivity index (χ0) is 24.0. The van der Waals surface area contributed by atoms with Crippen LogP contribution < -0.4 is 15.3 Å². The lowest BCUT2D eigenvalue weighted by Crippen LogP contribution is -2.64. The average Bonchev–Trinajstić information content (AvgIpc) is 2.80. The summed E-state index contributed by atoms with van der Waals surface area (Å²) in [6, 6.07) is 19.1. The SMILES string of the molecule is CN1c2ccccc2C(=O)N(Cc2ccccc2Cl)[P+]1([O-])C(N)(c1ccccc1)C(F)(F)F. The number of hydrogen-bond donors (Lipinski definition) is 1. The van der Waals surface area contributed by atoms with Gasteiger partial charge in [-0.25, -0.2) is 4.67 Å². The van der Waals surface area contributed by atoms with Crippen molar-refractivity contribution < 1.29 is 22.9 Å². The van der Waals surface area contributed by atoms with Gasteiger partial charge in [-0.05, 0) is 23.8 Å². The maximum absolute atomic E-state index is 14.8. The Bertz CT molecular complexity index is 1200. The van der Waals surface area contributed by atoms with Gasteiger partial charge < -0.3 is 4.89 Å². The molecule has 0 fully saturated rings. The number of nitrogens with two attached hydrogens (primary N) is 1. The van der Waals surface area contributed by atoms with Crippen LogP contribution in [0, 0.1) is 0 Å². The molecule has 1 aliphatic rings. The highest BCUT2D eigenvalue weighted by Gasteiger charge is 2.74. The first kappa shape index (κ1) is 23.5. The van der Waals surface area contributed by atoms with Crippen molar-refractivity contribution in [3.8, 4) is 0 Å². The first-order chi connectivity index (χ1) is 15.5. The fraction of sp³-hybridized carbons (Fsp3) is 0.174. The largest absolute Gasteiger partial charge is 0.641 e. The molecule has 2 unspecified atom stereocenters. The molecular formula is C23H20ClF3N3O2P. The first-order valence-corrected chi connectivity index (χ1v) is 11.9. The maximum Gasteiger partial charge on any atom is 0.450 e. The average molecular weight is 494 g/mol. The van der Waals surface area contributed by atoms with E-state index in [9.17, 15) is 22.9 Å². The molecule has 4 rings (SSSR count). The summed E-state index contributed by atoms with van der Waals surface area (Å²) in [7, 11) is -3.68. The molecule has 0 aromatic heterocycles. The number of halogens is 4. The van der Waals surface area contributed by atoms with E-state index in [2.05, 4.69) is 0 Å². The second-order valence-electron chi connectivity index (χ2n) is 7.67. The van der Waals surface area contributed by atoms with Crippen LogP contribution in [0.15, 0.2) is 78.9 Å². The van der Waals surface area contributed by atoms with Crippen molar-refractivity contribution in [2.24, 2.45) is 5.73 Å². The fourth-order valence-corrected chi connectivity index (χ4v) is 7.43. The molecule has 1 aliphatic heterocycles. The van der Waals surface area contributed by atoms with E-state index < -0.39 is 37.3 Å². The Morgan fingerprint density at radius 1 is 0.970 bits per heavy atom. The number of nitrogens with zero attached hydrogens (tertiary/aromatic N) is 2. The summed E-state index contributed by atoms with van der Waals surface area (Å²) < 4.78 is 46.1. The molecule has 0 aliphatic carbocycles. The molecule has 2 atom stereocenters. The van der Waals surface area contributed by atoms with Gasteiger partial charge in [0.15, 0.2) is 7.79 Å². The van der Waals surface area contributed by atoms with Crippen LogP contribution in [-0.4, -0.2) is 23.8 Å². The van der Waals surface area contributed by atoms with Gasteiger partial charge in [0, 0.05) is 17.6 Å². The number of fused-ring (bicyclic) bond motifs is 1. The monoisotopic (exact) mass is 493 g/mol. The predicted octanol–water partition coefficient (Wildman–Crippen LogP) is 4.93. The molecule has 0 spiro atoms. The van der Waals surface area contributed by atoms with E-state index in [1.807, 2.05) is 0 Å². The number of alkyl halides is 3. The zero-order valence-corrected chi connectivity index (χ0v) is 19.1. The Hall–Kier alpha value is -2.64. The van der Waals surface area contributed by atoms with Gasteiger partial charge in [0.05, 0.1) is 17.8 Å². The summed E-state index contributed by atoms with van der Waals surface area (Å²) in [5.74, 6) is -0.818. The Balaban J connectivity index is 2.02. The molecule has 1 heterocycles. The maximum atomic E-state index is 14.8. The standard InChI is InChI=1S/C23H20ClF3N3O2P/c1-29-20-14-8-6-12-18(20)21(31)30(15-16-9-5-7-13-19(16)24)33(29,32)22(28,23(25,26)27)17-10-3-2-4-11-17/h2-14H,15,28H2,1H3. The zero-order valence-electron chi connectivity index (χ0n) is 17.5. The normalized spacial score (nSPS) is 20.4. The minimum atomic E-state index is -5.16. The van der Waals surface area contributed by atoms with Gasteiger partial charge >= 0.3 is 6.18 Å². The lowest BCUT2D eigenvalue weighted by molar-refractivity contribution is -0.221. The Morgan fingerprint density at radius 2 is 1.55 bits per heavy atom. The van der Waals surface area contributed by atoms with Gasteiger partial charge in [-0.15, -0.1) is 0 Å². The number of hydrogen-bond acceptors (Lipinski definition) is 4. The summed E-state index contributed by atoms with van der Waals surface area (Å²) >= 11 is 6.25. The molecule has 33 heavy (non-hydrogen) atoms.